The van der Waals surface area contributed by atoms with Crippen molar-refractivity contribution in [1.82, 2.24) is 5.32 Å². The maximum absolute atomic E-state index is 9.34. The van der Waals surface area contributed by atoms with Gasteiger partial charge in [0.1, 0.15) is 0 Å². The number of hydrogen-bond donors (Lipinski definition) is 4. The summed E-state index contributed by atoms with van der Waals surface area (Å²) in [5.74, 6) is -0.110. The molecule has 1 rings (SSSR count). The third-order valence-corrected chi connectivity index (χ3v) is 2.94. The maximum Gasteiger partial charge on any atom is 0.157 e. The summed E-state index contributed by atoms with van der Waals surface area (Å²) in [5.41, 5.74) is 6.45. The van der Waals surface area contributed by atoms with Crippen LogP contribution in [0.1, 0.15) is 31.2 Å². The first-order valence-electron chi connectivity index (χ1n) is 6.65. The van der Waals surface area contributed by atoms with Gasteiger partial charge in [-0.3, -0.25) is 0 Å². The topological polar surface area (TPSA) is 78.5 Å². The van der Waals surface area contributed by atoms with Crippen LogP contribution in [0.2, 0.25) is 0 Å². The molecule has 1 aromatic carbocycles. The van der Waals surface area contributed by atoms with Gasteiger partial charge in [-0.05, 0) is 56.6 Å². The fraction of sp³-hybridized carbons (Fsp3) is 0.571. The number of rotatable bonds is 9. The van der Waals surface area contributed by atoms with Crippen molar-refractivity contribution in [3.8, 4) is 11.5 Å². The van der Waals surface area contributed by atoms with E-state index < -0.39 is 0 Å². The van der Waals surface area contributed by atoms with Crippen LogP contribution in [-0.4, -0.2) is 29.8 Å². The summed E-state index contributed by atoms with van der Waals surface area (Å²) in [4.78, 5) is 0. The molecule has 0 amide bonds. The quantitative estimate of drug-likeness (QED) is 0.370. The van der Waals surface area contributed by atoms with Gasteiger partial charge in [0.15, 0.2) is 11.5 Å². The summed E-state index contributed by atoms with van der Waals surface area (Å²) in [6, 6.07) is 4.97. The number of halogens is 2. The lowest BCUT2D eigenvalue weighted by atomic mass is 10.1. The van der Waals surface area contributed by atoms with E-state index in [1.54, 1.807) is 6.07 Å². The van der Waals surface area contributed by atoms with Gasteiger partial charge in [0, 0.05) is 0 Å². The van der Waals surface area contributed by atoms with Gasteiger partial charge in [0.2, 0.25) is 0 Å². The number of unbranched alkanes of at least 4 members (excludes halogenated alkanes) is 3. The number of phenolic OH excluding ortho intramolecular Hbond substituents is 2. The highest BCUT2D eigenvalue weighted by atomic mass is 79.9. The number of hydrogen-bond acceptors (Lipinski definition) is 4. The third-order valence-electron chi connectivity index (χ3n) is 2.94. The third kappa shape index (κ3) is 9.58. The Balaban J connectivity index is 0. The first-order valence-corrected chi connectivity index (χ1v) is 6.65. The van der Waals surface area contributed by atoms with Crippen LogP contribution in [0.5, 0.6) is 11.5 Å². The van der Waals surface area contributed by atoms with E-state index >= 15 is 0 Å². The number of nitrogens with one attached hydrogen (secondary N) is 1. The molecule has 1 aromatic rings. The van der Waals surface area contributed by atoms with Crippen LogP contribution in [-0.2, 0) is 6.42 Å². The molecule has 0 aliphatic carbocycles. The minimum Gasteiger partial charge on any atom is -0.504 e. The van der Waals surface area contributed by atoms with Gasteiger partial charge in [-0.1, -0.05) is 18.9 Å². The normalized spacial score (nSPS) is 9.65. The van der Waals surface area contributed by atoms with Crippen LogP contribution in [0.25, 0.3) is 0 Å². The molecule has 0 radical (unpaired) electrons. The molecular weight excluding hydrogens is 388 g/mol. The summed E-state index contributed by atoms with van der Waals surface area (Å²) in [5, 5.41) is 21.9. The van der Waals surface area contributed by atoms with E-state index in [9.17, 15) is 10.2 Å². The van der Waals surface area contributed by atoms with Crippen LogP contribution in [0, 0.1) is 0 Å². The van der Waals surface area contributed by atoms with Gasteiger partial charge >= 0.3 is 0 Å². The van der Waals surface area contributed by atoms with E-state index in [1.165, 1.54) is 25.3 Å². The van der Waals surface area contributed by atoms with Gasteiger partial charge < -0.3 is 21.3 Å². The van der Waals surface area contributed by atoms with Gasteiger partial charge in [0.05, 0.1) is 0 Å². The van der Waals surface area contributed by atoms with E-state index in [1.807, 2.05) is 6.07 Å². The summed E-state index contributed by atoms with van der Waals surface area (Å²) >= 11 is 0. The van der Waals surface area contributed by atoms with E-state index in [2.05, 4.69) is 5.32 Å². The summed E-state index contributed by atoms with van der Waals surface area (Å²) < 4.78 is 0. The molecule has 20 heavy (non-hydrogen) atoms. The molecule has 4 nitrogen and oxygen atoms in total. The molecule has 0 spiro atoms. The lowest BCUT2D eigenvalue weighted by Crippen LogP contribution is -2.18. The van der Waals surface area contributed by atoms with E-state index in [0.717, 1.165) is 38.0 Å². The second-order valence-corrected chi connectivity index (χ2v) is 4.53. The lowest BCUT2D eigenvalue weighted by molar-refractivity contribution is 0.403. The molecule has 0 aliphatic heterocycles. The molecule has 0 bridgehead atoms. The zero-order valence-corrected chi connectivity index (χ0v) is 15.1. The minimum absolute atomic E-state index is 0. The zero-order valence-electron chi connectivity index (χ0n) is 11.7. The molecule has 118 valence electrons. The molecule has 0 fully saturated rings. The molecule has 0 saturated carbocycles. The molecule has 0 unspecified atom stereocenters. The van der Waals surface area contributed by atoms with Gasteiger partial charge in [0.25, 0.3) is 0 Å². The zero-order chi connectivity index (χ0) is 13.2. The molecule has 5 N–H and O–H groups in total. The van der Waals surface area contributed by atoms with Crippen molar-refractivity contribution in [2.24, 2.45) is 5.73 Å². The maximum atomic E-state index is 9.34. The average molecular weight is 414 g/mol. The van der Waals surface area contributed by atoms with Crippen molar-refractivity contribution in [2.75, 3.05) is 19.6 Å². The van der Waals surface area contributed by atoms with Crippen molar-refractivity contribution >= 4 is 34.0 Å². The number of aromatic hydroxyl groups is 2. The van der Waals surface area contributed by atoms with Crippen molar-refractivity contribution in [3.63, 3.8) is 0 Å². The number of benzene rings is 1. The Morgan fingerprint density at radius 3 is 2.25 bits per heavy atom. The standard InChI is InChI=1S/C14H24N2O2.2BrH/c15-8-3-1-2-4-9-16-10-7-12-5-6-13(17)14(18)11-12;;/h5-6,11,16-18H,1-4,7-10,15H2;2*1H. The fourth-order valence-electron chi connectivity index (χ4n) is 1.83. The minimum atomic E-state index is -0.0633. The molecule has 0 heterocycles. The van der Waals surface area contributed by atoms with Gasteiger partial charge in [-0.25, -0.2) is 0 Å². The van der Waals surface area contributed by atoms with Crippen molar-refractivity contribution in [2.45, 2.75) is 32.1 Å². The summed E-state index contributed by atoms with van der Waals surface area (Å²) in [6.45, 7) is 2.70. The van der Waals surface area contributed by atoms with Crippen LogP contribution >= 0.6 is 34.0 Å². The van der Waals surface area contributed by atoms with E-state index in [-0.39, 0.29) is 45.5 Å². The lowest BCUT2D eigenvalue weighted by Gasteiger charge is -2.06. The Bertz CT molecular complexity index is 352. The second-order valence-electron chi connectivity index (χ2n) is 4.53. The number of nitrogens with two attached hydrogens (primary N) is 1. The SMILES string of the molecule is Br.Br.NCCCCCCNCCc1ccc(O)c(O)c1. The first-order chi connectivity index (χ1) is 8.74. The highest BCUT2D eigenvalue weighted by Crippen LogP contribution is 2.24. The largest absolute Gasteiger partial charge is 0.504 e. The predicted octanol–water partition coefficient (Wildman–Crippen LogP) is 2.90. The number of phenols is 2. The average Bonchev–Trinajstić information content (AvgIpc) is 2.37. The smallest absolute Gasteiger partial charge is 0.157 e. The Morgan fingerprint density at radius 2 is 1.60 bits per heavy atom. The summed E-state index contributed by atoms with van der Waals surface area (Å²) in [6.07, 6.45) is 5.60. The highest BCUT2D eigenvalue weighted by Gasteiger charge is 2.00. The molecule has 0 atom stereocenters. The van der Waals surface area contributed by atoms with Crippen LogP contribution in [0.15, 0.2) is 18.2 Å². The molecule has 6 heteroatoms. The van der Waals surface area contributed by atoms with Crippen LogP contribution in [0.4, 0.5) is 0 Å². The Labute approximate surface area is 142 Å². The molecule has 0 aromatic heterocycles. The van der Waals surface area contributed by atoms with E-state index in [4.69, 9.17) is 5.73 Å². The molecule has 0 saturated heterocycles. The molecule has 0 aliphatic rings. The van der Waals surface area contributed by atoms with Gasteiger partial charge in [-0.15, -0.1) is 34.0 Å². The van der Waals surface area contributed by atoms with Crippen LogP contribution < -0.4 is 11.1 Å². The predicted molar refractivity (Wildman–Crippen MR) is 94.5 cm³/mol. The van der Waals surface area contributed by atoms with Crippen molar-refractivity contribution < 1.29 is 10.2 Å². The van der Waals surface area contributed by atoms with Crippen molar-refractivity contribution in [1.29, 1.82) is 0 Å². The first kappa shape index (κ1) is 22.0. The summed E-state index contributed by atoms with van der Waals surface area (Å²) in [7, 11) is 0. The highest BCUT2D eigenvalue weighted by molar-refractivity contribution is 8.93. The molecular formula is C14H26Br2N2O2. The Kier molecular flexibility index (Phi) is 15.0. The Hall–Kier alpha value is -0.300. The van der Waals surface area contributed by atoms with Gasteiger partial charge in [-0.2, -0.15) is 0 Å². The monoisotopic (exact) mass is 412 g/mol. The second kappa shape index (κ2) is 13.7. The fourth-order valence-corrected chi connectivity index (χ4v) is 1.83. The van der Waals surface area contributed by atoms with Crippen LogP contribution in [0.3, 0.4) is 0 Å². The van der Waals surface area contributed by atoms with E-state index in [0.29, 0.717) is 0 Å². The van der Waals surface area contributed by atoms with Crippen molar-refractivity contribution in [3.05, 3.63) is 23.8 Å². The Morgan fingerprint density at radius 1 is 0.900 bits per heavy atom.